The molecule has 0 N–H and O–H groups in total. The summed E-state index contributed by atoms with van der Waals surface area (Å²) in [6, 6.07) is 24.1. The van der Waals surface area contributed by atoms with Gasteiger partial charge in [-0.1, -0.05) is 0 Å². The summed E-state index contributed by atoms with van der Waals surface area (Å²) in [7, 11) is 9.83. The molecule has 6 rings (SSSR count). The first-order valence-corrected chi connectivity index (χ1v) is 18.4. The molecule has 0 aromatic heterocycles. The van der Waals surface area contributed by atoms with Crippen LogP contribution in [0.4, 0.5) is 0 Å². The maximum atomic E-state index is 14.0. The van der Waals surface area contributed by atoms with Gasteiger partial charge in [-0.15, -0.1) is 0 Å². The van der Waals surface area contributed by atoms with Crippen LogP contribution in [0.25, 0.3) is 0 Å². The number of benzene rings is 4. The van der Waals surface area contributed by atoms with Gasteiger partial charge >= 0.3 is 11.9 Å². The maximum absolute atomic E-state index is 14.0. The number of likely N-dealkylation sites (N-methyl/N-ethyl adjacent to an activating group) is 2. The molecular weight excluding hydrogens is 745 g/mol. The van der Waals surface area contributed by atoms with E-state index in [0.717, 1.165) is 23.3 Å². The van der Waals surface area contributed by atoms with Crippen molar-refractivity contribution in [3.05, 3.63) is 118 Å². The van der Waals surface area contributed by atoms with E-state index >= 15 is 0 Å². The molecule has 2 aliphatic rings. The van der Waals surface area contributed by atoms with E-state index in [1.54, 1.807) is 60.7 Å². The summed E-state index contributed by atoms with van der Waals surface area (Å²) in [4.78, 5) is 31.9. The van der Waals surface area contributed by atoms with Crippen LogP contribution >= 0.6 is 0 Å². The number of hydrogen-bond acceptors (Lipinski definition) is 14. The number of carbonyl (C=O) groups is 2. The number of fused-ring (bicyclic) bond motifs is 2. The van der Waals surface area contributed by atoms with E-state index < -0.39 is 23.5 Å². The van der Waals surface area contributed by atoms with Crippen LogP contribution in [0.5, 0.6) is 34.5 Å². The van der Waals surface area contributed by atoms with E-state index in [-0.39, 0.29) is 13.1 Å². The van der Waals surface area contributed by atoms with Crippen molar-refractivity contribution in [1.82, 2.24) is 9.80 Å². The minimum Gasteiger partial charge on any atom is -0.493 e. The fourth-order valence-electron chi connectivity index (χ4n) is 7.12. The van der Waals surface area contributed by atoms with E-state index in [2.05, 4.69) is 12.1 Å². The van der Waals surface area contributed by atoms with Crippen LogP contribution in [0.1, 0.15) is 33.4 Å². The van der Waals surface area contributed by atoms with E-state index in [9.17, 15) is 20.1 Å². The molecule has 0 bridgehead atoms. The molecule has 14 nitrogen and oxygen atoms in total. The van der Waals surface area contributed by atoms with Gasteiger partial charge in [0.05, 0.1) is 64.8 Å². The molecule has 0 saturated carbocycles. The van der Waals surface area contributed by atoms with Gasteiger partial charge in [0.25, 0.3) is 11.6 Å². The zero-order valence-corrected chi connectivity index (χ0v) is 33.2. The van der Waals surface area contributed by atoms with Gasteiger partial charge in [0.2, 0.25) is 0 Å². The van der Waals surface area contributed by atoms with Crippen molar-refractivity contribution in [1.29, 1.82) is 10.5 Å². The quantitative estimate of drug-likeness (QED) is 0.104. The second-order valence-electron chi connectivity index (χ2n) is 13.9. The van der Waals surface area contributed by atoms with Crippen molar-refractivity contribution in [3.63, 3.8) is 0 Å². The Bertz CT molecular complexity index is 2110. The van der Waals surface area contributed by atoms with Crippen molar-refractivity contribution in [2.75, 3.05) is 68.7 Å². The molecule has 0 spiro atoms. The van der Waals surface area contributed by atoms with Crippen molar-refractivity contribution in [2.45, 2.75) is 24.4 Å². The largest absolute Gasteiger partial charge is 0.493 e. The Hall–Kier alpha value is -6.74. The normalized spacial score (nSPS) is 19.2. The number of rotatable bonds is 12. The van der Waals surface area contributed by atoms with Crippen molar-refractivity contribution >= 4 is 11.9 Å². The maximum Gasteiger partial charge on any atom is 0.334 e. The molecule has 14 heteroatoms. The lowest BCUT2D eigenvalue weighted by Gasteiger charge is -2.36. The van der Waals surface area contributed by atoms with Gasteiger partial charge in [-0.2, -0.15) is 10.5 Å². The smallest absolute Gasteiger partial charge is 0.334 e. The zero-order valence-electron chi connectivity index (χ0n) is 33.2. The Morgan fingerprint density at radius 1 is 0.586 bits per heavy atom. The highest BCUT2D eigenvalue weighted by Crippen LogP contribution is 2.43. The van der Waals surface area contributed by atoms with Crippen LogP contribution in [0.3, 0.4) is 0 Å². The minimum atomic E-state index is -1.75. The molecule has 4 aromatic rings. The number of hydrogen-bond donors (Lipinski definition) is 0. The first kappa shape index (κ1) is 40.9. The lowest BCUT2D eigenvalue weighted by molar-refractivity contribution is -0.205. The Balaban J connectivity index is 1.38. The molecule has 2 heterocycles. The van der Waals surface area contributed by atoms with E-state index in [1.165, 1.54) is 28.4 Å². The number of nitrogens with zero attached hydrogens (tertiary/aromatic N) is 4. The van der Waals surface area contributed by atoms with Crippen LogP contribution < -0.4 is 28.4 Å². The monoisotopic (exact) mass is 788 g/mol. The third kappa shape index (κ3) is 8.79. The molecule has 0 aliphatic carbocycles. The number of carbonyl (C=O) groups excluding carboxylic acids is 2. The van der Waals surface area contributed by atoms with Crippen molar-refractivity contribution in [2.24, 2.45) is 0 Å². The van der Waals surface area contributed by atoms with Crippen molar-refractivity contribution in [3.8, 4) is 46.6 Å². The molecule has 58 heavy (non-hydrogen) atoms. The van der Waals surface area contributed by atoms with Crippen LogP contribution in [0.15, 0.2) is 84.9 Å². The Kier molecular flexibility index (Phi) is 12.4. The fourth-order valence-corrected chi connectivity index (χ4v) is 7.12. The lowest BCUT2D eigenvalue weighted by atomic mass is 9.97. The number of esters is 2. The molecule has 0 saturated heterocycles. The Morgan fingerprint density at radius 3 is 1.26 bits per heavy atom. The van der Waals surface area contributed by atoms with Crippen LogP contribution in [0, 0.1) is 22.7 Å². The highest BCUT2D eigenvalue weighted by molar-refractivity contribution is 5.92. The summed E-state index contributed by atoms with van der Waals surface area (Å²) in [5.41, 5.74) is 3.45. The van der Waals surface area contributed by atoms with Gasteiger partial charge in [-0.25, -0.2) is 9.59 Å². The van der Waals surface area contributed by atoms with Gasteiger partial charge in [0, 0.05) is 36.4 Å². The van der Waals surface area contributed by atoms with Crippen LogP contribution in [-0.4, -0.2) is 90.5 Å². The molecule has 0 radical (unpaired) electrons. The molecule has 2 unspecified atom stereocenters. The SMILES string of the molecule is COc1cc2c(cc1OC)C(OC(=O)/C=C\C(=O)OC1(Oc3ccc(C#N)cc3)CN(C)CCc3cc(OC)c(OC)cc31)(Oc1ccc(C#N)cc1)CN(C)CC2. The number of methoxy groups -OCH3 is 4. The molecule has 2 aliphatic heterocycles. The minimum absolute atomic E-state index is 0.0927. The highest BCUT2D eigenvalue weighted by atomic mass is 16.7. The molecule has 2 atom stereocenters. The fraction of sp³-hybridized carbons (Fsp3) is 0.318. The van der Waals surface area contributed by atoms with Gasteiger partial charge in [-0.05, 0) is 111 Å². The molecular formula is C44H44N4O10. The summed E-state index contributed by atoms with van der Waals surface area (Å²) in [6.07, 6.45) is 3.09. The number of nitriles is 2. The van der Waals surface area contributed by atoms with Gasteiger partial charge < -0.3 is 37.9 Å². The first-order chi connectivity index (χ1) is 28.0. The third-order valence-corrected chi connectivity index (χ3v) is 9.94. The van der Waals surface area contributed by atoms with Crippen LogP contribution in [-0.2, 0) is 43.5 Å². The zero-order chi connectivity index (χ0) is 41.5. The second-order valence-corrected chi connectivity index (χ2v) is 13.9. The van der Waals surface area contributed by atoms with Crippen LogP contribution in [0.2, 0.25) is 0 Å². The average molecular weight is 789 g/mol. The summed E-state index contributed by atoms with van der Waals surface area (Å²) >= 11 is 0. The van der Waals surface area contributed by atoms with Gasteiger partial charge in [0.15, 0.2) is 23.0 Å². The van der Waals surface area contributed by atoms with E-state index in [1.807, 2.05) is 36.0 Å². The predicted molar refractivity (Wildman–Crippen MR) is 210 cm³/mol. The molecule has 0 amide bonds. The lowest BCUT2D eigenvalue weighted by Crippen LogP contribution is -2.47. The highest BCUT2D eigenvalue weighted by Gasteiger charge is 2.46. The van der Waals surface area contributed by atoms with Crippen molar-refractivity contribution < 1.29 is 47.5 Å². The predicted octanol–water partition coefficient (Wildman–Crippen LogP) is 5.25. The molecule has 300 valence electrons. The summed E-state index contributed by atoms with van der Waals surface area (Å²) in [6.45, 7) is 1.37. The van der Waals surface area contributed by atoms with Gasteiger partial charge in [0.1, 0.15) is 11.5 Å². The molecule has 4 aromatic carbocycles. The average Bonchev–Trinajstić information content (AvgIpc) is 3.44. The second kappa shape index (κ2) is 17.6. The Labute approximate surface area is 337 Å². The summed E-state index contributed by atoms with van der Waals surface area (Å²) in [5.74, 6) is -2.89. The first-order valence-electron chi connectivity index (χ1n) is 18.4. The number of ether oxygens (including phenoxy) is 8. The Morgan fingerprint density at radius 2 is 0.931 bits per heavy atom. The summed E-state index contributed by atoms with van der Waals surface area (Å²) < 4.78 is 48.2. The van der Waals surface area contributed by atoms with E-state index in [4.69, 9.17) is 37.9 Å². The molecule has 0 fully saturated rings. The van der Waals surface area contributed by atoms with E-state index in [0.29, 0.717) is 82.7 Å². The van der Waals surface area contributed by atoms with Gasteiger partial charge in [-0.3, -0.25) is 9.80 Å². The standard InChI is InChI=1S/C44H44N4O10/c1-47-19-17-31-21-37(51-3)39(53-5)23-35(31)43(27-47,55-33-11-7-29(25-45)8-12-33)57-41(49)15-16-42(50)58-44(56-34-13-9-30(26-46)10-14-34)28-48(2)20-18-32-22-38(52-4)40(54-6)24-36(32)44/h7-16,21-24H,17-20,27-28H2,1-6H3/b16-15-. The third-order valence-electron chi connectivity index (χ3n) is 9.94. The summed E-state index contributed by atoms with van der Waals surface area (Å²) in [5, 5.41) is 18.8. The topological polar surface area (TPSA) is 162 Å².